The third-order valence-electron chi connectivity index (χ3n) is 3.94. The molecule has 0 heterocycles. The zero-order valence-electron chi connectivity index (χ0n) is 15.6. The quantitative estimate of drug-likeness (QED) is 0.421. The van der Waals surface area contributed by atoms with E-state index in [4.69, 9.17) is 4.55 Å². The minimum absolute atomic E-state index is 0.715. The second-order valence-corrected chi connectivity index (χ2v) is 7.85. The first-order valence-corrected chi connectivity index (χ1v) is 10.9. The fourth-order valence-electron chi connectivity index (χ4n) is 2.64. The Bertz CT molecular complexity index is 283. The summed E-state index contributed by atoms with van der Waals surface area (Å²) in [6.07, 6.45) is 11.8. The minimum Gasteiger partial charge on any atom is -0.324 e. The molecule has 0 amide bonds. The number of unbranched alkanes of at least 4 members (excludes halogenated alkanes) is 4. The molecule has 0 aromatic heterocycles. The van der Waals surface area contributed by atoms with Gasteiger partial charge >= 0.3 is 0 Å². The highest BCUT2D eigenvalue weighted by Crippen LogP contribution is 2.16. The average Bonchev–Trinajstić information content (AvgIpc) is 2.44. The standard InChI is InChI=1S/C16H36N.CH4O3S/c1-5-9-13-17(14-10-6-2,15-11-7-3)16-12-8-4;1-5(2,3)4/h5-16H2,1-4H3;1H3,(H,2,3,4)/q+1;. The molecule has 4 nitrogen and oxygen atoms in total. The Morgan fingerprint density at radius 3 is 1.00 bits per heavy atom. The molecule has 0 saturated carbocycles. The number of hydrogen-bond donors (Lipinski definition) is 1. The lowest BCUT2D eigenvalue weighted by Crippen LogP contribution is -2.50. The molecule has 0 spiro atoms. The van der Waals surface area contributed by atoms with E-state index in [1.165, 1.54) is 82.0 Å². The van der Waals surface area contributed by atoms with E-state index in [1.807, 2.05) is 0 Å². The Morgan fingerprint density at radius 1 is 0.682 bits per heavy atom. The van der Waals surface area contributed by atoms with Gasteiger partial charge in [0.15, 0.2) is 0 Å². The molecule has 0 radical (unpaired) electrons. The maximum absolute atomic E-state index is 9.19. The Morgan fingerprint density at radius 2 is 0.864 bits per heavy atom. The predicted octanol–water partition coefficient (Wildman–Crippen LogP) is 4.51. The van der Waals surface area contributed by atoms with Gasteiger partial charge in [-0.2, -0.15) is 8.42 Å². The molecule has 0 aliphatic heterocycles. The van der Waals surface area contributed by atoms with Gasteiger partial charge in [-0.05, 0) is 25.7 Å². The zero-order chi connectivity index (χ0) is 17.5. The largest absolute Gasteiger partial charge is 0.324 e. The van der Waals surface area contributed by atoms with Gasteiger partial charge in [-0.15, -0.1) is 0 Å². The molecule has 0 atom stereocenters. The fourth-order valence-corrected chi connectivity index (χ4v) is 2.64. The van der Waals surface area contributed by atoms with Crippen LogP contribution in [0.5, 0.6) is 0 Å². The van der Waals surface area contributed by atoms with Crippen LogP contribution in [0.1, 0.15) is 79.1 Å². The highest BCUT2D eigenvalue weighted by molar-refractivity contribution is 7.85. The van der Waals surface area contributed by atoms with Crippen molar-refractivity contribution in [1.29, 1.82) is 0 Å². The Balaban J connectivity index is 0. The van der Waals surface area contributed by atoms with Crippen molar-refractivity contribution >= 4 is 10.1 Å². The molecule has 0 rings (SSSR count). The summed E-state index contributed by atoms with van der Waals surface area (Å²) in [6, 6.07) is 0. The molecule has 0 aromatic rings. The van der Waals surface area contributed by atoms with Gasteiger partial charge in [0.05, 0.1) is 32.4 Å². The summed E-state index contributed by atoms with van der Waals surface area (Å²) in [6.45, 7) is 15.0. The SMILES string of the molecule is CCCC[N+](CCCC)(CCCC)CCCC.CS(=O)(=O)O. The molecular formula is C17H40NO3S+. The molecule has 22 heavy (non-hydrogen) atoms. The van der Waals surface area contributed by atoms with Crippen molar-refractivity contribution in [2.45, 2.75) is 79.1 Å². The molecule has 1 N–H and O–H groups in total. The van der Waals surface area contributed by atoms with Gasteiger partial charge in [-0.1, -0.05) is 53.4 Å². The lowest BCUT2D eigenvalue weighted by atomic mass is 10.1. The summed E-state index contributed by atoms with van der Waals surface area (Å²) >= 11 is 0. The molecule has 0 aliphatic rings. The van der Waals surface area contributed by atoms with Gasteiger partial charge in [0.25, 0.3) is 10.1 Å². The topological polar surface area (TPSA) is 54.4 Å². The van der Waals surface area contributed by atoms with Crippen LogP contribution in [0.3, 0.4) is 0 Å². The van der Waals surface area contributed by atoms with Crippen molar-refractivity contribution < 1.29 is 17.5 Å². The van der Waals surface area contributed by atoms with E-state index in [0.717, 1.165) is 0 Å². The number of nitrogens with zero attached hydrogens (tertiary/aromatic N) is 1. The maximum atomic E-state index is 9.19. The lowest BCUT2D eigenvalue weighted by molar-refractivity contribution is -0.929. The summed E-state index contributed by atoms with van der Waals surface area (Å²) in [5, 5.41) is 0. The maximum Gasteiger partial charge on any atom is 0.261 e. The second kappa shape index (κ2) is 14.5. The van der Waals surface area contributed by atoms with Gasteiger partial charge in [-0.3, -0.25) is 4.55 Å². The third kappa shape index (κ3) is 17.9. The summed E-state index contributed by atoms with van der Waals surface area (Å²) in [4.78, 5) is 0. The second-order valence-electron chi connectivity index (χ2n) is 6.38. The first-order valence-electron chi connectivity index (χ1n) is 9.02. The minimum atomic E-state index is -3.67. The first kappa shape index (κ1) is 24.1. The van der Waals surface area contributed by atoms with Crippen molar-refractivity contribution in [3.05, 3.63) is 0 Å². The van der Waals surface area contributed by atoms with Gasteiger partial charge in [-0.25, -0.2) is 0 Å². The molecule has 0 saturated heterocycles. The monoisotopic (exact) mass is 338 g/mol. The highest BCUT2D eigenvalue weighted by atomic mass is 32.2. The Hall–Kier alpha value is -0.130. The van der Waals surface area contributed by atoms with E-state index in [-0.39, 0.29) is 0 Å². The van der Waals surface area contributed by atoms with Crippen LogP contribution in [-0.2, 0) is 10.1 Å². The Labute approximate surface area is 139 Å². The third-order valence-corrected chi connectivity index (χ3v) is 3.94. The van der Waals surface area contributed by atoms with E-state index in [2.05, 4.69) is 27.7 Å². The van der Waals surface area contributed by atoms with E-state index >= 15 is 0 Å². The van der Waals surface area contributed by atoms with Crippen LogP contribution in [0.4, 0.5) is 0 Å². The summed E-state index contributed by atoms with van der Waals surface area (Å²) in [7, 11) is -3.67. The van der Waals surface area contributed by atoms with Crippen LogP contribution in [-0.4, -0.2) is 49.9 Å². The van der Waals surface area contributed by atoms with Crippen molar-refractivity contribution in [2.75, 3.05) is 32.4 Å². The average molecular weight is 339 g/mol. The number of rotatable bonds is 12. The molecule has 0 fully saturated rings. The summed E-state index contributed by atoms with van der Waals surface area (Å²) in [5.74, 6) is 0. The van der Waals surface area contributed by atoms with Crippen LogP contribution >= 0.6 is 0 Å². The van der Waals surface area contributed by atoms with Gasteiger partial charge in [0.1, 0.15) is 0 Å². The first-order chi connectivity index (χ1) is 10.2. The molecule has 136 valence electrons. The van der Waals surface area contributed by atoms with Crippen LogP contribution in [0.15, 0.2) is 0 Å². The predicted molar refractivity (Wildman–Crippen MR) is 96.8 cm³/mol. The molecule has 5 heteroatoms. The smallest absolute Gasteiger partial charge is 0.261 e. The zero-order valence-corrected chi connectivity index (χ0v) is 16.4. The van der Waals surface area contributed by atoms with E-state index < -0.39 is 10.1 Å². The van der Waals surface area contributed by atoms with Crippen LogP contribution < -0.4 is 0 Å². The number of hydrogen-bond acceptors (Lipinski definition) is 2. The highest BCUT2D eigenvalue weighted by Gasteiger charge is 2.24. The van der Waals surface area contributed by atoms with E-state index in [0.29, 0.717) is 6.26 Å². The van der Waals surface area contributed by atoms with Crippen LogP contribution in [0.25, 0.3) is 0 Å². The van der Waals surface area contributed by atoms with Crippen molar-refractivity contribution in [3.8, 4) is 0 Å². The summed E-state index contributed by atoms with van der Waals surface area (Å²) in [5.41, 5.74) is 0. The molecule has 0 aliphatic carbocycles. The van der Waals surface area contributed by atoms with Gasteiger partial charge in [0, 0.05) is 0 Å². The Kier molecular flexibility index (Phi) is 15.9. The molecule has 0 bridgehead atoms. The lowest BCUT2D eigenvalue weighted by Gasteiger charge is -2.39. The summed E-state index contributed by atoms with van der Waals surface area (Å²) < 4.78 is 27.3. The fraction of sp³-hybridized carbons (Fsp3) is 1.00. The van der Waals surface area contributed by atoms with Crippen molar-refractivity contribution in [1.82, 2.24) is 0 Å². The molecular weight excluding hydrogens is 298 g/mol. The molecule has 0 aromatic carbocycles. The van der Waals surface area contributed by atoms with Gasteiger partial charge in [0.2, 0.25) is 0 Å². The number of quaternary nitrogens is 1. The van der Waals surface area contributed by atoms with E-state index in [1.54, 1.807) is 0 Å². The van der Waals surface area contributed by atoms with Crippen LogP contribution in [0.2, 0.25) is 0 Å². The van der Waals surface area contributed by atoms with Crippen LogP contribution in [0, 0.1) is 0 Å². The van der Waals surface area contributed by atoms with Gasteiger partial charge < -0.3 is 4.48 Å². The van der Waals surface area contributed by atoms with Crippen molar-refractivity contribution in [2.24, 2.45) is 0 Å². The molecule has 0 unspecified atom stereocenters. The normalized spacial score (nSPS) is 11.9. The van der Waals surface area contributed by atoms with Crippen molar-refractivity contribution in [3.63, 3.8) is 0 Å². The van der Waals surface area contributed by atoms with E-state index in [9.17, 15) is 8.42 Å².